The third-order valence-electron chi connectivity index (χ3n) is 4.44. The first-order chi connectivity index (χ1) is 12.4. The van der Waals surface area contributed by atoms with Crippen LogP contribution in [0.2, 0.25) is 0 Å². The summed E-state index contributed by atoms with van der Waals surface area (Å²) in [5, 5.41) is 7.68. The van der Waals surface area contributed by atoms with E-state index >= 15 is 0 Å². The van der Waals surface area contributed by atoms with Crippen LogP contribution in [0.3, 0.4) is 0 Å². The van der Waals surface area contributed by atoms with Crippen LogP contribution in [0.1, 0.15) is 86.8 Å². The molecule has 1 heterocycles. The van der Waals surface area contributed by atoms with Gasteiger partial charge in [-0.3, -0.25) is 9.59 Å². The zero-order valence-corrected chi connectivity index (χ0v) is 18.5. The summed E-state index contributed by atoms with van der Waals surface area (Å²) in [6.45, 7) is 17.1. The van der Waals surface area contributed by atoms with Gasteiger partial charge < -0.3 is 10.2 Å². The summed E-state index contributed by atoms with van der Waals surface area (Å²) in [6, 6.07) is 1.93. The average molecular weight is 379 g/mol. The van der Waals surface area contributed by atoms with Gasteiger partial charge in [0.2, 0.25) is 11.8 Å². The quantitative estimate of drug-likeness (QED) is 0.686. The van der Waals surface area contributed by atoms with Crippen molar-refractivity contribution in [3.05, 3.63) is 11.8 Å². The molecule has 27 heavy (non-hydrogen) atoms. The molecule has 1 aromatic rings. The van der Waals surface area contributed by atoms with Crippen molar-refractivity contribution in [2.75, 3.05) is 18.4 Å². The number of hydrogen-bond acceptors (Lipinski definition) is 3. The van der Waals surface area contributed by atoms with Gasteiger partial charge in [0.25, 0.3) is 0 Å². The molecule has 6 nitrogen and oxygen atoms in total. The van der Waals surface area contributed by atoms with Gasteiger partial charge in [-0.05, 0) is 34.1 Å². The van der Waals surface area contributed by atoms with Crippen LogP contribution < -0.4 is 5.32 Å². The fourth-order valence-electron chi connectivity index (χ4n) is 2.76. The molecule has 0 aliphatic rings. The first-order valence-electron chi connectivity index (χ1n) is 10.1. The molecule has 0 spiro atoms. The molecular weight excluding hydrogens is 340 g/mol. The van der Waals surface area contributed by atoms with E-state index in [1.54, 1.807) is 4.90 Å². The van der Waals surface area contributed by atoms with Gasteiger partial charge in [-0.1, -0.05) is 40.5 Å². The van der Waals surface area contributed by atoms with Crippen molar-refractivity contribution in [3.8, 4) is 0 Å². The van der Waals surface area contributed by atoms with Gasteiger partial charge >= 0.3 is 0 Å². The summed E-state index contributed by atoms with van der Waals surface area (Å²) in [5.74, 6) is 0.527. The molecule has 0 unspecified atom stereocenters. The SMILES string of the molecule is CCCCCC(=O)N(CC)CC(=O)Nc1cc(C(C)(C)C)nn1C(C)(C)C. The van der Waals surface area contributed by atoms with E-state index in [1.165, 1.54) is 0 Å². The average Bonchev–Trinajstić information content (AvgIpc) is 2.97. The molecule has 0 aliphatic carbocycles. The molecule has 1 aromatic heterocycles. The van der Waals surface area contributed by atoms with E-state index in [9.17, 15) is 9.59 Å². The highest BCUT2D eigenvalue weighted by molar-refractivity contribution is 5.94. The van der Waals surface area contributed by atoms with Gasteiger partial charge in [0.05, 0.1) is 17.8 Å². The van der Waals surface area contributed by atoms with Crippen molar-refractivity contribution in [1.29, 1.82) is 0 Å². The van der Waals surface area contributed by atoms with E-state index in [1.807, 2.05) is 17.7 Å². The number of hydrogen-bond donors (Lipinski definition) is 1. The minimum Gasteiger partial charge on any atom is -0.334 e. The molecular formula is C21H38N4O2. The Morgan fingerprint density at radius 2 is 1.74 bits per heavy atom. The van der Waals surface area contributed by atoms with Crippen molar-refractivity contribution in [2.24, 2.45) is 0 Å². The summed E-state index contributed by atoms with van der Waals surface area (Å²) >= 11 is 0. The predicted molar refractivity (Wildman–Crippen MR) is 111 cm³/mol. The fraction of sp³-hybridized carbons (Fsp3) is 0.762. The van der Waals surface area contributed by atoms with Crippen LogP contribution in [0.5, 0.6) is 0 Å². The summed E-state index contributed by atoms with van der Waals surface area (Å²) < 4.78 is 1.85. The molecule has 154 valence electrons. The van der Waals surface area contributed by atoms with Crippen molar-refractivity contribution in [1.82, 2.24) is 14.7 Å². The van der Waals surface area contributed by atoms with Crippen molar-refractivity contribution >= 4 is 17.6 Å². The zero-order chi connectivity index (χ0) is 20.8. The molecule has 1 rings (SSSR count). The number of unbranched alkanes of at least 4 members (excludes halogenated alkanes) is 2. The van der Waals surface area contributed by atoms with E-state index in [0.29, 0.717) is 18.8 Å². The van der Waals surface area contributed by atoms with E-state index < -0.39 is 0 Å². The van der Waals surface area contributed by atoms with Gasteiger partial charge in [-0.25, -0.2) is 4.68 Å². The highest BCUT2D eigenvalue weighted by Gasteiger charge is 2.26. The van der Waals surface area contributed by atoms with Gasteiger partial charge in [0.15, 0.2) is 0 Å². The molecule has 0 bridgehead atoms. The summed E-state index contributed by atoms with van der Waals surface area (Å²) in [6.07, 6.45) is 3.49. The Balaban J connectivity index is 2.89. The number of amides is 2. The van der Waals surface area contributed by atoms with Crippen LogP contribution in [0.15, 0.2) is 6.07 Å². The lowest BCUT2D eigenvalue weighted by Crippen LogP contribution is -2.38. The number of nitrogens with zero attached hydrogens (tertiary/aromatic N) is 3. The molecule has 0 radical (unpaired) electrons. The number of carbonyl (C=O) groups excluding carboxylic acids is 2. The van der Waals surface area contributed by atoms with Crippen LogP contribution in [-0.4, -0.2) is 39.6 Å². The van der Waals surface area contributed by atoms with E-state index in [4.69, 9.17) is 5.10 Å². The van der Waals surface area contributed by atoms with Crippen LogP contribution in [0, 0.1) is 0 Å². The second-order valence-corrected chi connectivity index (χ2v) is 9.16. The Hall–Kier alpha value is -1.85. The predicted octanol–water partition coefficient (Wildman–Crippen LogP) is 4.30. The van der Waals surface area contributed by atoms with E-state index in [0.717, 1.165) is 25.0 Å². The Morgan fingerprint density at radius 1 is 1.11 bits per heavy atom. The lowest BCUT2D eigenvalue weighted by Gasteiger charge is -2.24. The lowest BCUT2D eigenvalue weighted by molar-refractivity contribution is -0.134. The lowest BCUT2D eigenvalue weighted by atomic mass is 9.92. The van der Waals surface area contributed by atoms with Crippen LogP contribution >= 0.6 is 0 Å². The zero-order valence-electron chi connectivity index (χ0n) is 18.5. The first kappa shape index (κ1) is 23.2. The number of anilines is 1. The van der Waals surface area contributed by atoms with Gasteiger partial charge in [-0.2, -0.15) is 5.10 Å². The molecule has 0 atom stereocenters. The van der Waals surface area contributed by atoms with Gasteiger partial charge in [-0.15, -0.1) is 0 Å². The number of likely N-dealkylation sites (N-methyl/N-ethyl adjacent to an activating group) is 1. The highest BCUT2D eigenvalue weighted by Crippen LogP contribution is 2.28. The maximum absolute atomic E-state index is 12.6. The largest absolute Gasteiger partial charge is 0.334 e. The number of rotatable bonds is 8. The monoisotopic (exact) mass is 378 g/mol. The van der Waals surface area contributed by atoms with Crippen molar-refractivity contribution in [3.63, 3.8) is 0 Å². The van der Waals surface area contributed by atoms with Crippen LogP contribution in [0.4, 0.5) is 5.82 Å². The summed E-state index contributed by atoms with van der Waals surface area (Å²) in [7, 11) is 0. The third-order valence-corrected chi connectivity index (χ3v) is 4.44. The molecule has 2 amide bonds. The number of aromatic nitrogens is 2. The Kier molecular flexibility index (Phi) is 8.05. The Morgan fingerprint density at radius 3 is 2.22 bits per heavy atom. The molecule has 6 heteroatoms. The maximum Gasteiger partial charge on any atom is 0.245 e. The standard InChI is InChI=1S/C21H38N4O2/c1-9-11-12-13-19(27)24(10-2)15-18(26)22-17-14-16(20(3,4)5)23-25(17)21(6,7)8/h14H,9-13,15H2,1-8H3,(H,22,26). The molecule has 1 N–H and O–H groups in total. The summed E-state index contributed by atoms with van der Waals surface area (Å²) in [4.78, 5) is 26.6. The fourth-order valence-corrected chi connectivity index (χ4v) is 2.76. The van der Waals surface area contributed by atoms with Crippen molar-refractivity contribution in [2.45, 2.75) is 92.0 Å². The topological polar surface area (TPSA) is 67.2 Å². The minimum absolute atomic E-state index is 0.0424. The van der Waals surface area contributed by atoms with Crippen molar-refractivity contribution < 1.29 is 9.59 Å². The highest BCUT2D eigenvalue weighted by atomic mass is 16.2. The summed E-state index contributed by atoms with van der Waals surface area (Å²) in [5.41, 5.74) is 0.559. The van der Waals surface area contributed by atoms with Gasteiger partial charge in [0.1, 0.15) is 5.82 Å². The third kappa shape index (κ3) is 7.00. The molecule has 0 fully saturated rings. The second-order valence-electron chi connectivity index (χ2n) is 9.16. The van der Waals surface area contributed by atoms with E-state index in [-0.39, 0.29) is 29.3 Å². The second kappa shape index (κ2) is 9.38. The normalized spacial score (nSPS) is 12.1. The molecule has 0 aromatic carbocycles. The molecule has 0 saturated carbocycles. The Labute approximate surface area is 164 Å². The van der Waals surface area contributed by atoms with E-state index in [2.05, 4.69) is 53.8 Å². The Bertz CT molecular complexity index is 636. The molecule has 0 saturated heterocycles. The number of nitrogens with one attached hydrogen (secondary N) is 1. The number of carbonyl (C=O) groups is 2. The maximum atomic E-state index is 12.6. The molecule has 0 aliphatic heterocycles. The minimum atomic E-state index is -0.257. The van der Waals surface area contributed by atoms with Crippen LogP contribution in [0.25, 0.3) is 0 Å². The van der Waals surface area contributed by atoms with Gasteiger partial charge in [0, 0.05) is 24.4 Å². The van der Waals surface area contributed by atoms with Crippen LogP contribution in [-0.2, 0) is 20.5 Å². The first-order valence-corrected chi connectivity index (χ1v) is 10.1. The smallest absolute Gasteiger partial charge is 0.245 e.